The molecular weight excluding hydrogens is 472 g/mol. The van der Waals surface area contributed by atoms with Crippen molar-refractivity contribution in [2.75, 3.05) is 39.9 Å². The van der Waals surface area contributed by atoms with Crippen LogP contribution in [0.15, 0.2) is 64.3 Å². The molecule has 0 radical (unpaired) electrons. The summed E-state index contributed by atoms with van der Waals surface area (Å²) in [7, 11) is 1.53. The average Bonchev–Trinajstić information content (AvgIpc) is 3.46. The molecule has 0 spiro atoms. The topological polar surface area (TPSA) is 92.4 Å². The van der Waals surface area contributed by atoms with E-state index in [-0.39, 0.29) is 11.3 Å². The summed E-state index contributed by atoms with van der Waals surface area (Å²) in [6, 6.07) is 13.5. The first-order valence-electron chi connectivity index (χ1n) is 12.7. The third kappa shape index (κ3) is 5.20. The number of carbonyl (C=O) groups is 2. The number of rotatable bonds is 12. The summed E-state index contributed by atoms with van der Waals surface area (Å²) >= 11 is 0. The predicted octanol–water partition coefficient (Wildman–Crippen LogP) is 5.15. The van der Waals surface area contributed by atoms with Gasteiger partial charge in [0.1, 0.15) is 5.75 Å². The van der Waals surface area contributed by atoms with Gasteiger partial charge in [-0.05, 0) is 62.8 Å². The van der Waals surface area contributed by atoms with Crippen LogP contribution in [0.1, 0.15) is 49.4 Å². The van der Waals surface area contributed by atoms with E-state index in [4.69, 9.17) is 13.9 Å². The van der Waals surface area contributed by atoms with Gasteiger partial charge in [-0.25, -0.2) is 0 Å². The first-order chi connectivity index (χ1) is 17.9. The smallest absolute Gasteiger partial charge is 0.290 e. The van der Waals surface area contributed by atoms with Crippen LogP contribution < -0.4 is 9.47 Å². The number of benzene rings is 2. The zero-order chi connectivity index (χ0) is 26.5. The molecule has 1 unspecified atom stereocenters. The fourth-order valence-corrected chi connectivity index (χ4v) is 4.85. The second-order valence-electron chi connectivity index (χ2n) is 8.87. The molecule has 0 aliphatic carbocycles. The van der Waals surface area contributed by atoms with Gasteiger partial charge in [-0.15, -0.1) is 0 Å². The molecule has 3 aromatic rings. The van der Waals surface area contributed by atoms with Crippen LogP contribution in [0.5, 0.6) is 11.5 Å². The van der Waals surface area contributed by atoms with Gasteiger partial charge < -0.3 is 28.8 Å². The summed E-state index contributed by atoms with van der Waals surface area (Å²) in [5.41, 5.74) is 1.12. The van der Waals surface area contributed by atoms with Gasteiger partial charge in [-0.3, -0.25) is 9.59 Å². The SMILES string of the molecule is CCOc1cccc(C2C(C(=O)c3cc4cccc(OC)c4o3)=C(O)C(=O)N2CCCN(CC)CC)c1. The molecule has 0 saturated heterocycles. The van der Waals surface area contributed by atoms with Crippen LogP contribution >= 0.6 is 0 Å². The van der Waals surface area contributed by atoms with E-state index in [1.54, 1.807) is 23.1 Å². The van der Waals surface area contributed by atoms with Crippen LogP contribution in [-0.4, -0.2) is 66.5 Å². The van der Waals surface area contributed by atoms with Crippen LogP contribution in [0.2, 0.25) is 0 Å². The molecule has 196 valence electrons. The number of ketones is 1. The Bertz CT molecular complexity index is 1310. The van der Waals surface area contributed by atoms with Crippen molar-refractivity contribution in [3.63, 3.8) is 0 Å². The van der Waals surface area contributed by atoms with Crippen LogP contribution in [0.3, 0.4) is 0 Å². The summed E-state index contributed by atoms with van der Waals surface area (Å²) in [6.45, 7) is 9.57. The highest BCUT2D eigenvalue weighted by Crippen LogP contribution is 2.41. The molecule has 8 heteroatoms. The number of nitrogens with zero attached hydrogens (tertiary/aromatic N) is 2. The fourth-order valence-electron chi connectivity index (χ4n) is 4.85. The molecule has 2 aromatic carbocycles. The van der Waals surface area contributed by atoms with E-state index in [1.807, 2.05) is 37.3 Å². The lowest BCUT2D eigenvalue weighted by Gasteiger charge is -2.28. The number of para-hydroxylation sites is 1. The highest BCUT2D eigenvalue weighted by atomic mass is 16.5. The van der Waals surface area contributed by atoms with Crippen molar-refractivity contribution < 1.29 is 28.6 Å². The molecule has 8 nitrogen and oxygen atoms in total. The van der Waals surface area contributed by atoms with Crippen molar-refractivity contribution in [1.29, 1.82) is 0 Å². The quantitative estimate of drug-likeness (QED) is 0.340. The van der Waals surface area contributed by atoms with E-state index in [2.05, 4.69) is 18.7 Å². The molecule has 0 bridgehead atoms. The highest BCUT2D eigenvalue weighted by molar-refractivity contribution is 6.16. The van der Waals surface area contributed by atoms with Gasteiger partial charge in [-0.2, -0.15) is 0 Å². The Morgan fingerprint density at radius 1 is 1.11 bits per heavy atom. The molecule has 1 aromatic heterocycles. The third-order valence-electron chi connectivity index (χ3n) is 6.75. The lowest BCUT2D eigenvalue weighted by molar-refractivity contribution is -0.129. The number of carbonyl (C=O) groups excluding carboxylic acids is 2. The predicted molar refractivity (Wildman–Crippen MR) is 141 cm³/mol. The van der Waals surface area contributed by atoms with Crippen LogP contribution in [0, 0.1) is 0 Å². The Kier molecular flexibility index (Phi) is 8.18. The number of hydrogen-bond acceptors (Lipinski definition) is 7. The minimum absolute atomic E-state index is 0.000453. The number of ether oxygens (including phenoxy) is 2. The maximum absolute atomic E-state index is 13.8. The molecule has 1 atom stereocenters. The number of amides is 1. The summed E-state index contributed by atoms with van der Waals surface area (Å²) in [5.74, 6) is -0.499. The van der Waals surface area contributed by atoms with E-state index in [1.165, 1.54) is 7.11 Å². The number of hydrogen-bond donors (Lipinski definition) is 1. The van der Waals surface area contributed by atoms with Crippen LogP contribution in [0.25, 0.3) is 11.0 Å². The molecule has 1 aliphatic rings. The van der Waals surface area contributed by atoms with Crippen LogP contribution in [-0.2, 0) is 4.79 Å². The number of aliphatic hydroxyl groups excluding tert-OH is 1. The van der Waals surface area contributed by atoms with E-state index in [0.29, 0.717) is 47.6 Å². The second kappa shape index (κ2) is 11.5. The van der Waals surface area contributed by atoms with E-state index in [0.717, 1.165) is 19.6 Å². The molecule has 0 saturated carbocycles. The van der Waals surface area contributed by atoms with Gasteiger partial charge in [-0.1, -0.05) is 38.1 Å². The molecule has 37 heavy (non-hydrogen) atoms. The number of fused-ring (bicyclic) bond motifs is 1. The number of aliphatic hydroxyl groups is 1. The number of Topliss-reactive ketones (excluding diaryl/α,β-unsaturated/α-hetero) is 1. The maximum atomic E-state index is 13.8. The lowest BCUT2D eigenvalue weighted by atomic mass is 9.94. The molecule has 1 aliphatic heterocycles. The van der Waals surface area contributed by atoms with E-state index < -0.39 is 23.5 Å². The van der Waals surface area contributed by atoms with E-state index in [9.17, 15) is 14.7 Å². The van der Waals surface area contributed by atoms with Crippen LogP contribution in [0.4, 0.5) is 0 Å². The van der Waals surface area contributed by atoms with Crippen molar-refractivity contribution in [3.8, 4) is 11.5 Å². The van der Waals surface area contributed by atoms with Gasteiger partial charge >= 0.3 is 0 Å². The summed E-state index contributed by atoms with van der Waals surface area (Å²) in [5, 5.41) is 11.7. The average molecular weight is 507 g/mol. The van der Waals surface area contributed by atoms with E-state index >= 15 is 0 Å². The molecular formula is C29H34N2O6. The summed E-state index contributed by atoms with van der Waals surface area (Å²) in [6.07, 6.45) is 0.700. The molecule has 0 fully saturated rings. The molecule has 1 N–H and O–H groups in total. The third-order valence-corrected chi connectivity index (χ3v) is 6.75. The van der Waals surface area contributed by atoms with Crippen molar-refractivity contribution in [2.24, 2.45) is 0 Å². The number of methoxy groups -OCH3 is 1. The molecule has 4 rings (SSSR count). The first-order valence-corrected chi connectivity index (χ1v) is 12.7. The fraction of sp³-hybridized carbons (Fsp3) is 0.379. The van der Waals surface area contributed by atoms with Crippen molar-refractivity contribution in [1.82, 2.24) is 9.80 Å². The summed E-state index contributed by atoms with van der Waals surface area (Å²) in [4.78, 5) is 31.0. The minimum atomic E-state index is -0.771. The van der Waals surface area contributed by atoms with Crippen molar-refractivity contribution >= 4 is 22.7 Å². The molecule has 2 heterocycles. The lowest BCUT2D eigenvalue weighted by Crippen LogP contribution is -2.34. The van der Waals surface area contributed by atoms with Gasteiger partial charge in [0.15, 0.2) is 22.9 Å². The maximum Gasteiger partial charge on any atom is 0.290 e. The van der Waals surface area contributed by atoms with Gasteiger partial charge in [0.05, 0.1) is 25.3 Å². The Balaban J connectivity index is 1.73. The summed E-state index contributed by atoms with van der Waals surface area (Å²) < 4.78 is 16.9. The van der Waals surface area contributed by atoms with Gasteiger partial charge in [0.25, 0.3) is 5.91 Å². The Hall–Kier alpha value is -3.78. The zero-order valence-corrected chi connectivity index (χ0v) is 21.8. The number of furan rings is 1. The first kappa shape index (κ1) is 26.3. The van der Waals surface area contributed by atoms with Crippen molar-refractivity contribution in [2.45, 2.75) is 33.2 Å². The molecule has 1 amide bonds. The van der Waals surface area contributed by atoms with Crippen molar-refractivity contribution in [3.05, 3.63) is 71.2 Å². The zero-order valence-electron chi connectivity index (χ0n) is 21.8. The normalized spacial score (nSPS) is 15.8. The largest absolute Gasteiger partial charge is 0.503 e. The monoisotopic (exact) mass is 506 g/mol. The van der Waals surface area contributed by atoms with Gasteiger partial charge in [0, 0.05) is 11.9 Å². The highest BCUT2D eigenvalue weighted by Gasteiger charge is 2.44. The minimum Gasteiger partial charge on any atom is -0.503 e. The van der Waals surface area contributed by atoms with Gasteiger partial charge in [0.2, 0.25) is 5.78 Å². The Labute approximate surface area is 217 Å². The standard InChI is InChI=1S/C29H34N2O6/c1-5-30(6-2)15-10-16-31-25(19-11-8-13-21(17-19)36-7-3)24(27(33)29(31)34)26(32)23-18-20-12-9-14-22(35-4)28(20)37-23/h8-9,11-14,17-18,25,33H,5-7,10,15-16H2,1-4H3. The second-order valence-corrected chi connectivity index (χ2v) is 8.87. The Morgan fingerprint density at radius 2 is 1.86 bits per heavy atom. The Morgan fingerprint density at radius 3 is 2.57 bits per heavy atom.